The number of nitrogens with one attached hydrogen (secondary N) is 1. The first-order valence-corrected chi connectivity index (χ1v) is 16.3. The van der Waals surface area contributed by atoms with Crippen LogP contribution in [0.15, 0.2) is 53.0 Å². The van der Waals surface area contributed by atoms with Crippen LogP contribution in [-0.4, -0.2) is 88.2 Å². The lowest BCUT2D eigenvalue weighted by atomic mass is 9.74. The summed E-state index contributed by atoms with van der Waals surface area (Å²) in [6.07, 6.45) is 5.95. The van der Waals surface area contributed by atoms with Gasteiger partial charge in [-0.15, -0.1) is 0 Å². The fraction of sp³-hybridized carbons (Fsp3) is 0.576. The Morgan fingerprint density at radius 2 is 1.82 bits per heavy atom. The molecule has 0 aliphatic carbocycles. The number of cyclic esters (lactones) is 1. The van der Waals surface area contributed by atoms with Gasteiger partial charge in [-0.2, -0.15) is 0 Å². The maximum absolute atomic E-state index is 14.6. The number of esters is 1. The van der Waals surface area contributed by atoms with Crippen LogP contribution in [0.1, 0.15) is 58.6 Å². The fourth-order valence-corrected chi connectivity index (χ4v) is 7.78. The third-order valence-electron chi connectivity index (χ3n) is 9.57. The van der Waals surface area contributed by atoms with Crippen LogP contribution in [0.3, 0.4) is 0 Å². The van der Waals surface area contributed by atoms with Crippen LogP contribution in [0.5, 0.6) is 0 Å². The van der Waals surface area contributed by atoms with Gasteiger partial charge in [-0.3, -0.25) is 19.2 Å². The molecule has 44 heavy (non-hydrogen) atoms. The smallest absolute Gasteiger partial charge is 0.306 e. The van der Waals surface area contributed by atoms with Crippen LogP contribution in [0, 0.1) is 17.8 Å². The summed E-state index contributed by atoms with van der Waals surface area (Å²) < 4.78 is 12.8. The maximum atomic E-state index is 14.6. The minimum absolute atomic E-state index is 0.0771. The van der Waals surface area contributed by atoms with E-state index in [4.69, 9.17) is 9.47 Å². The van der Waals surface area contributed by atoms with Gasteiger partial charge in [-0.25, -0.2) is 0 Å². The number of likely N-dealkylation sites (tertiary alicyclic amines) is 1. The molecule has 4 aliphatic rings. The molecule has 1 aromatic carbocycles. The van der Waals surface area contributed by atoms with E-state index < -0.39 is 53.5 Å². The largest absolute Gasteiger partial charge is 0.463 e. The number of aliphatic hydroxyl groups is 1. The third kappa shape index (κ3) is 5.63. The Labute approximate surface area is 266 Å². The number of carbonyl (C=O) groups is 4. The van der Waals surface area contributed by atoms with Crippen molar-refractivity contribution in [1.82, 2.24) is 15.1 Å². The normalized spacial score (nSPS) is 33.2. The van der Waals surface area contributed by atoms with Crippen LogP contribution in [0.2, 0.25) is 0 Å². The summed E-state index contributed by atoms with van der Waals surface area (Å²) in [5.74, 6) is -3.59. The van der Waals surface area contributed by atoms with Crippen LogP contribution >= 0.6 is 15.9 Å². The lowest BCUT2D eigenvalue weighted by molar-refractivity contribution is -0.152. The second-order valence-electron chi connectivity index (χ2n) is 12.5. The highest BCUT2D eigenvalue weighted by atomic mass is 79.9. The van der Waals surface area contributed by atoms with Gasteiger partial charge in [0.15, 0.2) is 0 Å². The molecule has 1 spiro atoms. The molecule has 2 saturated heterocycles. The molecule has 8 atom stereocenters. The number of halogens is 1. The molecule has 4 heterocycles. The Hall–Kier alpha value is -3.02. The number of ether oxygens (including phenoxy) is 2. The van der Waals surface area contributed by atoms with Crippen molar-refractivity contribution in [1.29, 1.82) is 0 Å². The van der Waals surface area contributed by atoms with Crippen molar-refractivity contribution in [3.05, 3.63) is 58.6 Å². The Morgan fingerprint density at radius 1 is 1.09 bits per heavy atom. The molecule has 0 aromatic heterocycles. The molecule has 2 N–H and O–H groups in total. The summed E-state index contributed by atoms with van der Waals surface area (Å²) in [5.41, 5.74) is -0.656. The Morgan fingerprint density at radius 3 is 2.48 bits per heavy atom. The molecular formula is C33H42BrN3O7. The Bertz CT molecular complexity index is 1330. The molecule has 0 unspecified atom stereocenters. The molecule has 0 radical (unpaired) electrons. The summed E-state index contributed by atoms with van der Waals surface area (Å²) in [4.78, 5) is 59.2. The van der Waals surface area contributed by atoms with Gasteiger partial charge < -0.3 is 29.7 Å². The number of hydrogen-bond donors (Lipinski definition) is 2. The minimum Gasteiger partial charge on any atom is -0.463 e. The number of rotatable bonds is 6. The van der Waals surface area contributed by atoms with E-state index in [1.165, 1.54) is 4.90 Å². The van der Waals surface area contributed by atoms with Gasteiger partial charge in [0.05, 0.1) is 30.5 Å². The monoisotopic (exact) mass is 671 g/mol. The SMILES string of the molecule is CC[C@H](C)[C@H](CO)N1C(=O)[C@@H]2[C@H]3C(=O)N[C@@H](c4ccccc4)COC(=O)CC/C=C\CN(C(C)C)C(=O)[C@@H]1[C@]21C=C(Br)[C@H]3O1. The van der Waals surface area contributed by atoms with E-state index in [1.807, 2.05) is 70.2 Å². The minimum atomic E-state index is -1.40. The Kier molecular flexibility index (Phi) is 9.67. The fourth-order valence-electron chi connectivity index (χ4n) is 7.05. The predicted molar refractivity (Wildman–Crippen MR) is 166 cm³/mol. The van der Waals surface area contributed by atoms with Crippen LogP contribution < -0.4 is 5.32 Å². The average molecular weight is 673 g/mol. The molecule has 11 heteroatoms. The molecule has 3 amide bonds. The van der Waals surface area contributed by atoms with Gasteiger partial charge in [0, 0.05) is 23.5 Å². The van der Waals surface area contributed by atoms with Crippen LogP contribution in [0.4, 0.5) is 0 Å². The highest BCUT2D eigenvalue weighted by Crippen LogP contribution is 2.59. The van der Waals surface area contributed by atoms with Crippen molar-refractivity contribution >= 4 is 39.6 Å². The Balaban J connectivity index is 1.63. The summed E-state index contributed by atoms with van der Waals surface area (Å²) in [6.45, 7) is 7.57. The molecule has 4 aliphatic heterocycles. The number of amides is 3. The van der Waals surface area contributed by atoms with E-state index in [0.717, 1.165) is 5.56 Å². The standard InChI is InChI=1S/C33H42BrN3O7/c1-5-20(4)24(17-38)37-29-32(42)36(19(2)3)15-11-7-10-14-25(39)43-18-23(21-12-8-6-9-13-21)35-30(40)26-27(31(37)41)33(29)16-22(34)28(26)44-33/h6-9,11-13,16,19-20,23-24,26-29,38H,5,10,14-15,17-18H2,1-4H3,(H,35,40)/b11-7-/t20-,23+,24-,26+,27-,28+,29+,33-/m0/s1. The van der Waals surface area contributed by atoms with Crippen molar-refractivity contribution < 1.29 is 33.8 Å². The van der Waals surface area contributed by atoms with E-state index in [-0.39, 0.29) is 50.0 Å². The summed E-state index contributed by atoms with van der Waals surface area (Å²) in [6, 6.07) is 6.60. The molecule has 238 valence electrons. The second-order valence-corrected chi connectivity index (χ2v) is 13.4. The van der Waals surface area contributed by atoms with Gasteiger partial charge in [-0.05, 0) is 37.8 Å². The number of allylic oxidation sites excluding steroid dienone is 1. The van der Waals surface area contributed by atoms with Crippen LogP contribution in [-0.2, 0) is 28.7 Å². The number of hydrogen-bond acceptors (Lipinski definition) is 7. The highest BCUT2D eigenvalue weighted by Gasteiger charge is 2.75. The molecule has 5 bridgehead atoms. The molecule has 2 fully saturated rings. The van der Waals surface area contributed by atoms with E-state index in [9.17, 15) is 24.3 Å². The molecular weight excluding hydrogens is 630 g/mol. The number of nitrogens with zero attached hydrogens (tertiary/aromatic N) is 2. The van der Waals surface area contributed by atoms with Crippen molar-refractivity contribution in [2.75, 3.05) is 19.8 Å². The van der Waals surface area contributed by atoms with Gasteiger partial charge in [0.1, 0.15) is 24.4 Å². The number of fused-ring (bicyclic) bond motifs is 2. The zero-order valence-corrected chi connectivity index (χ0v) is 27.2. The summed E-state index contributed by atoms with van der Waals surface area (Å²) in [7, 11) is 0. The van der Waals surface area contributed by atoms with Gasteiger partial charge in [-0.1, -0.05) is 78.7 Å². The first-order chi connectivity index (χ1) is 21.0. The second kappa shape index (κ2) is 13.1. The van der Waals surface area contributed by atoms with E-state index in [2.05, 4.69) is 21.2 Å². The zero-order valence-electron chi connectivity index (χ0n) is 25.6. The lowest BCUT2D eigenvalue weighted by Crippen LogP contribution is -2.60. The van der Waals surface area contributed by atoms with Gasteiger partial charge in [0.2, 0.25) is 17.7 Å². The summed E-state index contributed by atoms with van der Waals surface area (Å²) >= 11 is 3.60. The predicted octanol–water partition coefficient (Wildman–Crippen LogP) is 3.25. The molecule has 10 nitrogen and oxygen atoms in total. The zero-order chi connectivity index (χ0) is 31.8. The van der Waals surface area contributed by atoms with Gasteiger partial charge in [0.25, 0.3) is 0 Å². The number of aliphatic hydroxyl groups excluding tert-OH is 1. The van der Waals surface area contributed by atoms with E-state index in [1.54, 1.807) is 11.0 Å². The third-order valence-corrected chi connectivity index (χ3v) is 10.2. The maximum Gasteiger partial charge on any atom is 0.306 e. The van der Waals surface area contributed by atoms with Crippen molar-refractivity contribution in [2.45, 2.75) is 82.8 Å². The van der Waals surface area contributed by atoms with Crippen molar-refractivity contribution in [3.8, 4) is 0 Å². The topological polar surface area (TPSA) is 125 Å². The van der Waals surface area contributed by atoms with Crippen molar-refractivity contribution in [3.63, 3.8) is 0 Å². The number of benzene rings is 1. The van der Waals surface area contributed by atoms with Crippen molar-refractivity contribution in [2.24, 2.45) is 17.8 Å². The first kappa shape index (κ1) is 32.4. The quantitative estimate of drug-likeness (QED) is 0.351. The van der Waals surface area contributed by atoms with Gasteiger partial charge >= 0.3 is 5.97 Å². The first-order valence-electron chi connectivity index (χ1n) is 15.5. The average Bonchev–Trinajstić information content (AvgIpc) is 3.60. The number of carbonyl (C=O) groups excluding carboxylic acids is 4. The van der Waals surface area contributed by atoms with Crippen LogP contribution in [0.25, 0.3) is 0 Å². The lowest BCUT2D eigenvalue weighted by Gasteiger charge is -2.41. The highest BCUT2D eigenvalue weighted by molar-refractivity contribution is 9.11. The molecule has 0 saturated carbocycles. The van der Waals surface area contributed by atoms with E-state index >= 15 is 0 Å². The molecule has 1 aromatic rings. The van der Waals surface area contributed by atoms with E-state index in [0.29, 0.717) is 17.3 Å². The molecule has 5 rings (SSSR count). The summed E-state index contributed by atoms with van der Waals surface area (Å²) in [5, 5.41) is 13.6.